The molecule has 2 atom stereocenters. The molecular formula is C16H23N3OS. The largest absolute Gasteiger partial charge is 0.310 e. The van der Waals surface area contributed by atoms with E-state index in [2.05, 4.69) is 41.3 Å². The predicted molar refractivity (Wildman–Crippen MR) is 88.1 cm³/mol. The molecule has 0 aromatic carbocycles. The standard InChI is InChI=1S/C16H23N3OS/c1-9(8-14-7-6-10(2)21-14)17-11(3)15-12(4)18-13(5)19-16(15)20/h6-7,9,11,17H,8H2,1-5H3,(H,18,19,20). The molecule has 114 valence electrons. The fourth-order valence-corrected chi connectivity index (χ4v) is 3.73. The minimum Gasteiger partial charge on any atom is -0.310 e. The molecule has 0 aliphatic carbocycles. The van der Waals surface area contributed by atoms with E-state index >= 15 is 0 Å². The molecule has 5 heteroatoms. The van der Waals surface area contributed by atoms with Crippen LogP contribution in [0.4, 0.5) is 0 Å². The van der Waals surface area contributed by atoms with Crippen molar-refractivity contribution in [3.05, 3.63) is 49.3 Å². The van der Waals surface area contributed by atoms with Crippen LogP contribution in [0.2, 0.25) is 0 Å². The average Bonchev–Trinajstić information content (AvgIpc) is 2.72. The van der Waals surface area contributed by atoms with Gasteiger partial charge in [-0.3, -0.25) is 4.79 Å². The number of H-pyrrole nitrogens is 1. The lowest BCUT2D eigenvalue weighted by Crippen LogP contribution is -2.34. The van der Waals surface area contributed by atoms with Crippen molar-refractivity contribution >= 4 is 11.3 Å². The van der Waals surface area contributed by atoms with Crippen molar-refractivity contribution in [2.24, 2.45) is 0 Å². The first-order valence-electron chi connectivity index (χ1n) is 7.25. The molecule has 0 spiro atoms. The third-order valence-corrected chi connectivity index (χ3v) is 4.56. The Hall–Kier alpha value is -1.46. The minimum atomic E-state index is -0.0424. The van der Waals surface area contributed by atoms with Crippen LogP contribution >= 0.6 is 11.3 Å². The maximum absolute atomic E-state index is 12.1. The Morgan fingerprint density at radius 2 is 2.00 bits per heavy atom. The van der Waals surface area contributed by atoms with Gasteiger partial charge in [-0.05, 0) is 53.2 Å². The summed E-state index contributed by atoms with van der Waals surface area (Å²) in [5.74, 6) is 0.663. The van der Waals surface area contributed by atoms with E-state index in [1.54, 1.807) is 6.92 Å². The molecule has 4 nitrogen and oxygen atoms in total. The Morgan fingerprint density at radius 1 is 1.29 bits per heavy atom. The monoisotopic (exact) mass is 305 g/mol. The first-order chi connectivity index (χ1) is 9.86. The molecule has 0 bridgehead atoms. The number of rotatable bonds is 5. The minimum absolute atomic E-state index is 0.0158. The molecule has 0 saturated heterocycles. The molecule has 2 aromatic rings. The number of nitrogens with zero attached hydrogens (tertiary/aromatic N) is 1. The van der Waals surface area contributed by atoms with E-state index in [9.17, 15) is 4.79 Å². The average molecular weight is 305 g/mol. The molecule has 0 radical (unpaired) electrons. The molecule has 2 N–H and O–H groups in total. The lowest BCUT2D eigenvalue weighted by molar-refractivity contribution is 0.473. The highest BCUT2D eigenvalue weighted by atomic mass is 32.1. The van der Waals surface area contributed by atoms with Crippen molar-refractivity contribution in [2.75, 3.05) is 0 Å². The number of nitrogens with one attached hydrogen (secondary N) is 2. The maximum Gasteiger partial charge on any atom is 0.255 e. The molecule has 0 amide bonds. The van der Waals surface area contributed by atoms with Gasteiger partial charge in [0.15, 0.2) is 0 Å². The van der Waals surface area contributed by atoms with Gasteiger partial charge in [-0.2, -0.15) is 0 Å². The van der Waals surface area contributed by atoms with Crippen LogP contribution in [0, 0.1) is 20.8 Å². The predicted octanol–water partition coefficient (Wildman–Crippen LogP) is 3.04. The second-order valence-electron chi connectivity index (χ2n) is 5.66. The normalized spacial score (nSPS) is 14.1. The summed E-state index contributed by atoms with van der Waals surface area (Å²) in [5, 5.41) is 3.50. The molecule has 0 aliphatic rings. The Kier molecular flexibility index (Phi) is 4.96. The van der Waals surface area contributed by atoms with Crippen LogP contribution < -0.4 is 10.9 Å². The summed E-state index contributed by atoms with van der Waals surface area (Å²) in [4.78, 5) is 22.0. The molecule has 0 fully saturated rings. The number of thiophene rings is 1. The van der Waals surface area contributed by atoms with E-state index < -0.39 is 0 Å². The second-order valence-corrected chi connectivity index (χ2v) is 7.03. The van der Waals surface area contributed by atoms with Gasteiger partial charge >= 0.3 is 0 Å². The van der Waals surface area contributed by atoms with Gasteiger partial charge in [-0.15, -0.1) is 11.3 Å². The van der Waals surface area contributed by atoms with Crippen molar-refractivity contribution in [3.63, 3.8) is 0 Å². The Labute approximate surface area is 129 Å². The molecular weight excluding hydrogens is 282 g/mol. The van der Waals surface area contributed by atoms with Gasteiger partial charge in [-0.1, -0.05) is 0 Å². The van der Waals surface area contributed by atoms with Gasteiger partial charge in [0.2, 0.25) is 0 Å². The quantitative estimate of drug-likeness (QED) is 0.892. The van der Waals surface area contributed by atoms with Crippen molar-refractivity contribution in [1.29, 1.82) is 0 Å². The number of aromatic nitrogens is 2. The number of aromatic amines is 1. The van der Waals surface area contributed by atoms with Crippen molar-refractivity contribution in [2.45, 2.75) is 53.1 Å². The number of aryl methyl sites for hydroxylation is 3. The zero-order chi connectivity index (χ0) is 15.6. The highest BCUT2D eigenvalue weighted by Crippen LogP contribution is 2.18. The van der Waals surface area contributed by atoms with E-state index in [0.29, 0.717) is 11.9 Å². The molecule has 0 saturated carbocycles. The van der Waals surface area contributed by atoms with E-state index in [0.717, 1.165) is 17.7 Å². The molecule has 21 heavy (non-hydrogen) atoms. The number of hydrogen-bond acceptors (Lipinski definition) is 4. The first-order valence-corrected chi connectivity index (χ1v) is 8.07. The van der Waals surface area contributed by atoms with Crippen LogP contribution in [0.5, 0.6) is 0 Å². The van der Waals surface area contributed by atoms with Crippen LogP contribution in [0.25, 0.3) is 0 Å². The second kappa shape index (κ2) is 6.54. The molecule has 2 rings (SSSR count). The SMILES string of the molecule is Cc1nc(C)c(C(C)NC(C)Cc2ccc(C)s2)c(=O)[nH]1. The van der Waals surface area contributed by atoms with Crippen LogP contribution in [0.15, 0.2) is 16.9 Å². The summed E-state index contributed by atoms with van der Waals surface area (Å²) in [6.07, 6.45) is 0.971. The van der Waals surface area contributed by atoms with Crippen LogP contribution in [0.1, 0.15) is 46.7 Å². The lowest BCUT2D eigenvalue weighted by atomic mass is 10.1. The van der Waals surface area contributed by atoms with Crippen LogP contribution in [-0.2, 0) is 6.42 Å². The summed E-state index contributed by atoms with van der Waals surface area (Å²) < 4.78 is 0. The summed E-state index contributed by atoms with van der Waals surface area (Å²) >= 11 is 1.83. The van der Waals surface area contributed by atoms with Gasteiger partial charge in [0.05, 0.1) is 5.56 Å². The van der Waals surface area contributed by atoms with Crippen LogP contribution in [0.3, 0.4) is 0 Å². The smallest absolute Gasteiger partial charge is 0.255 e. The lowest BCUT2D eigenvalue weighted by Gasteiger charge is -2.20. The summed E-state index contributed by atoms with van der Waals surface area (Å²) in [5.41, 5.74) is 1.49. The van der Waals surface area contributed by atoms with E-state index in [1.165, 1.54) is 9.75 Å². The van der Waals surface area contributed by atoms with Gasteiger partial charge in [-0.25, -0.2) is 4.98 Å². The van der Waals surface area contributed by atoms with Crippen molar-refractivity contribution < 1.29 is 0 Å². The van der Waals surface area contributed by atoms with Gasteiger partial charge in [0.25, 0.3) is 5.56 Å². The number of hydrogen-bond donors (Lipinski definition) is 2. The van der Waals surface area contributed by atoms with Crippen molar-refractivity contribution in [3.8, 4) is 0 Å². The zero-order valence-electron chi connectivity index (χ0n) is 13.3. The molecule has 2 heterocycles. The fraction of sp³-hybridized carbons (Fsp3) is 0.500. The molecule has 0 aliphatic heterocycles. The Bertz CT molecular complexity index is 674. The molecule has 2 aromatic heterocycles. The Morgan fingerprint density at radius 3 is 2.57 bits per heavy atom. The zero-order valence-corrected chi connectivity index (χ0v) is 14.1. The first kappa shape index (κ1) is 15.9. The summed E-state index contributed by atoms with van der Waals surface area (Å²) in [7, 11) is 0. The maximum atomic E-state index is 12.1. The third kappa shape index (κ3) is 4.02. The fourth-order valence-electron chi connectivity index (χ4n) is 2.71. The van der Waals surface area contributed by atoms with E-state index in [1.807, 2.05) is 25.2 Å². The topological polar surface area (TPSA) is 57.8 Å². The van der Waals surface area contributed by atoms with Gasteiger partial charge in [0, 0.05) is 27.5 Å². The van der Waals surface area contributed by atoms with Gasteiger partial charge < -0.3 is 10.3 Å². The van der Waals surface area contributed by atoms with E-state index in [-0.39, 0.29) is 11.6 Å². The highest BCUT2D eigenvalue weighted by Gasteiger charge is 2.17. The molecule has 2 unspecified atom stereocenters. The highest BCUT2D eigenvalue weighted by molar-refractivity contribution is 7.11. The summed E-state index contributed by atoms with van der Waals surface area (Å²) in [6, 6.07) is 4.61. The Balaban J connectivity index is 2.07. The third-order valence-electron chi connectivity index (χ3n) is 3.54. The van der Waals surface area contributed by atoms with Crippen molar-refractivity contribution in [1.82, 2.24) is 15.3 Å². The van der Waals surface area contributed by atoms with Gasteiger partial charge in [0.1, 0.15) is 5.82 Å². The summed E-state index contributed by atoms with van der Waals surface area (Å²) in [6.45, 7) is 9.98. The van der Waals surface area contributed by atoms with E-state index in [4.69, 9.17) is 0 Å². The van der Waals surface area contributed by atoms with Crippen LogP contribution in [-0.4, -0.2) is 16.0 Å².